The summed E-state index contributed by atoms with van der Waals surface area (Å²) in [6.45, 7) is 5.73. The van der Waals surface area contributed by atoms with Crippen LogP contribution in [0.25, 0.3) is 0 Å². The molecule has 0 unspecified atom stereocenters. The minimum atomic E-state index is -0.448. The molecule has 24 heavy (non-hydrogen) atoms. The molecule has 134 valence electrons. The fourth-order valence-corrected chi connectivity index (χ4v) is 2.71. The van der Waals surface area contributed by atoms with Crippen molar-refractivity contribution in [3.8, 4) is 0 Å². The number of hydrogen-bond donors (Lipinski definition) is 2. The van der Waals surface area contributed by atoms with Crippen LogP contribution in [0.15, 0.2) is 24.3 Å². The van der Waals surface area contributed by atoms with Gasteiger partial charge in [-0.05, 0) is 6.07 Å². The summed E-state index contributed by atoms with van der Waals surface area (Å²) in [4.78, 5) is 0. The number of benzene rings is 1. The zero-order valence-electron chi connectivity index (χ0n) is 14.2. The molecule has 0 bridgehead atoms. The summed E-state index contributed by atoms with van der Waals surface area (Å²) >= 11 is 0. The molecule has 0 aromatic heterocycles. The molecule has 1 aromatic carbocycles. The van der Waals surface area contributed by atoms with Crippen molar-refractivity contribution in [1.82, 2.24) is 0 Å². The van der Waals surface area contributed by atoms with E-state index in [4.69, 9.17) is 18.9 Å². The van der Waals surface area contributed by atoms with Crippen LogP contribution in [0, 0.1) is 10.8 Å². The van der Waals surface area contributed by atoms with E-state index in [1.807, 2.05) is 38.1 Å². The fourth-order valence-electron chi connectivity index (χ4n) is 2.71. The third kappa shape index (κ3) is 3.79. The molecule has 2 heterocycles. The molecule has 2 saturated heterocycles. The maximum atomic E-state index is 9.37. The number of aliphatic hydroxyl groups excluding tert-OH is 2. The first-order valence-corrected chi connectivity index (χ1v) is 8.25. The third-order valence-electron chi connectivity index (χ3n) is 4.55. The van der Waals surface area contributed by atoms with Crippen LogP contribution in [0.2, 0.25) is 0 Å². The van der Waals surface area contributed by atoms with Crippen molar-refractivity contribution in [2.45, 2.75) is 26.4 Å². The molecule has 0 radical (unpaired) electrons. The van der Waals surface area contributed by atoms with E-state index in [1.165, 1.54) is 0 Å². The Labute approximate surface area is 142 Å². The van der Waals surface area contributed by atoms with Gasteiger partial charge >= 0.3 is 0 Å². The van der Waals surface area contributed by atoms with Gasteiger partial charge in [-0.15, -0.1) is 0 Å². The van der Waals surface area contributed by atoms with Crippen molar-refractivity contribution >= 4 is 0 Å². The van der Waals surface area contributed by atoms with Gasteiger partial charge in [-0.3, -0.25) is 0 Å². The molecule has 6 heteroatoms. The Balaban J connectivity index is 1.65. The summed E-state index contributed by atoms with van der Waals surface area (Å²) in [5.41, 5.74) is 1.10. The van der Waals surface area contributed by atoms with Crippen molar-refractivity contribution < 1.29 is 29.2 Å². The molecule has 6 nitrogen and oxygen atoms in total. The lowest BCUT2D eigenvalue weighted by molar-refractivity contribution is -0.239. The van der Waals surface area contributed by atoms with E-state index in [0.717, 1.165) is 11.1 Å². The van der Waals surface area contributed by atoms with Gasteiger partial charge in [-0.25, -0.2) is 0 Å². The number of aliphatic hydroxyl groups is 2. The first kappa shape index (κ1) is 17.8. The molecule has 0 aliphatic carbocycles. The summed E-state index contributed by atoms with van der Waals surface area (Å²) in [5.74, 6) is 0. The smallest absolute Gasteiger partial charge is 0.183 e. The van der Waals surface area contributed by atoms with E-state index in [9.17, 15) is 10.2 Å². The number of rotatable bonds is 4. The van der Waals surface area contributed by atoms with Gasteiger partial charge in [0.2, 0.25) is 0 Å². The van der Waals surface area contributed by atoms with E-state index in [1.54, 1.807) is 0 Å². The van der Waals surface area contributed by atoms with Gasteiger partial charge in [-0.2, -0.15) is 0 Å². The van der Waals surface area contributed by atoms with Crippen LogP contribution in [0.5, 0.6) is 0 Å². The highest BCUT2D eigenvalue weighted by molar-refractivity contribution is 5.26. The van der Waals surface area contributed by atoms with Gasteiger partial charge in [0.25, 0.3) is 0 Å². The lowest BCUT2D eigenvalue weighted by atomic mass is 9.93. The van der Waals surface area contributed by atoms with E-state index in [0.29, 0.717) is 26.4 Å². The van der Waals surface area contributed by atoms with Crippen molar-refractivity contribution in [2.75, 3.05) is 39.6 Å². The Morgan fingerprint density at radius 3 is 1.54 bits per heavy atom. The van der Waals surface area contributed by atoms with E-state index < -0.39 is 12.6 Å². The minimum absolute atomic E-state index is 0.0349. The fraction of sp³-hybridized carbons (Fsp3) is 0.667. The van der Waals surface area contributed by atoms with E-state index in [2.05, 4.69) is 0 Å². The molecule has 0 spiro atoms. The highest BCUT2D eigenvalue weighted by atomic mass is 16.7. The Kier molecular flexibility index (Phi) is 5.24. The number of ether oxygens (including phenoxy) is 4. The normalized spacial score (nSPS) is 37.3. The molecular formula is C18H26O6. The average Bonchev–Trinajstić information content (AvgIpc) is 2.63. The molecule has 0 amide bonds. The monoisotopic (exact) mass is 338 g/mol. The van der Waals surface area contributed by atoms with Crippen LogP contribution in [0.1, 0.15) is 37.6 Å². The minimum Gasteiger partial charge on any atom is -0.396 e. The molecule has 1 aromatic rings. The molecule has 0 saturated carbocycles. The Morgan fingerprint density at radius 1 is 0.833 bits per heavy atom. The molecule has 2 fully saturated rings. The van der Waals surface area contributed by atoms with Crippen LogP contribution < -0.4 is 0 Å². The Hall–Kier alpha value is -1.02. The predicted octanol–water partition coefficient (Wildman–Crippen LogP) is 1.77. The van der Waals surface area contributed by atoms with Crippen LogP contribution in [0.4, 0.5) is 0 Å². The molecule has 2 aliphatic heterocycles. The van der Waals surface area contributed by atoms with E-state index >= 15 is 0 Å². The van der Waals surface area contributed by atoms with Crippen LogP contribution in [-0.4, -0.2) is 49.9 Å². The van der Waals surface area contributed by atoms with Gasteiger partial charge in [0.15, 0.2) is 12.6 Å². The standard InChI is InChI=1S/C18H26O6/c1-17(7-19)9-21-15(22-10-17)13-4-3-5-14(6-13)16-23-11-18(2,8-20)12-24-16/h3-6,15-16,19-20H,7-12H2,1-2H3. The number of hydrogen-bond acceptors (Lipinski definition) is 6. The summed E-state index contributed by atoms with van der Waals surface area (Å²) in [6, 6.07) is 7.76. The second-order valence-electron chi connectivity index (χ2n) is 7.52. The lowest BCUT2D eigenvalue weighted by Gasteiger charge is -2.37. The first-order valence-electron chi connectivity index (χ1n) is 8.25. The zero-order chi connectivity index (χ0) is 17.2. The SMILES string of the molecule is CC1(CO)COC(c2cccc(C3OCC(C)(CO)CO3)c2)OC1. The van der Waals surface area contributed by atoms with Crippen LogP contribution >= 0.6 is 0 Å². The van der Waals surface area contributed by atoms with Gasteiger partial charge in [0.1, 0.15) is 0 Å². The largest absolute Gasteiger partial charge is 0.396 e. The van der Waals surface area contributed by atoms with Gasteiger partial charge in [0.05, 0.1) is 39.6 Å². The maximum Gasteiger partial charge on any atom is 0.183 e. The zero-order valence-corrected chi connectivity index (χ0v) is 14.2. The lowest BCUT2D eigenvalue weighted by Crippen LogP contribution is -2.39. The highest BCUT2D eigenvalue weighted by Gasteiger charge is 2.35. The Bertz CT molecular complexity index is 499. The summed E-state index contributed by atoms with van der Waals surface area (Å²) in [6.07, 6.45) is -0.897. The van der Waals surface area contributed by atoms with Crippen molar-refractivity contribution in [3.63, 3.8) is 0 Å². The predicted molar refractivity (Wildman–Crippen MR) is 86.1 cm³/mol. The van der Waals surface area contributed by atoms with Crippen LogP contribution in [0.3, 0.4) is 0 Å². The van der Waals surface area contributed by atoms with Gasteiger partial charge < -0.3 is 29.2 Å². The van der Waals surface area contributed by atoms with Gasteiger partial charge in [-0.1, -0.05) is 32.0 Å². The third-order valence-corrected chi connectivity index (χ3v) is 4.55. The molecule has 0 atom stereocenters. The second-order valence-corrected chi connectivity index (χ2v) is 7.52. The van der Waals surface area contributed by atoms with E-state index in [-0.39, 0.29) is 24.0 Å². The van der Waals surface area contributed by atoms with Crippen molar-refractivity contribution in [3.05, 3.63) is 35.4 Å². The molecule has 3 rings (SSSR count). The molecule has 2 N–H and O–H groups in total. The average molecular weight is 338 g/mol. The summed E-state index contributed by atoms with van der Waals surface area (Å²) in [5, 5.41) is 18.7. The van der Waals surface area contributed by atoms with Crippen molar-refractivity contribution in [2.24, 2.45) is 10.8 Å². The van der Waals surface area contributed by atoms with Gasteiger partial charge in [0, 0.05) is 22.0 Å². The molecular weight excluding hydrogens is 312 g/mol. The van der Waals surface area contributed by atoms with Crippen LogP contribution in [-0.2, 0) is 18.9 Å². The first-order chi connectivity index (χ1) is 11.5. The topological polar surface area (TPSA) is 77.4 Å². The summed E-state index contributed by atoms with van der Waals surface area (Å²) < 4.78 is 23.1. The second kappa shape index (κ2) is 7.07. The maximum absolute atomic E-state index is 9.37. The Morgan fingerprint density at radius 2 is 1.21 bits per heavy atom. The summed E-state index contributed by atoms with van der Waals surface area (Å²) in [7, 11) is 0. The molecule has 2 aliphatic rings. The highest BCUT2D eigenvalue weighted by Crippen LogP contribution is 2.35. The quantitative estimate of drug-likeness (QED) is 0.871. The van der Waals surface area contributed by atoms with Crippen molar-refractivity contribution in [1.29, 1.82) is 0 Å².